The Hall–Kier alpha value is -1.92. The number of hydrogen-bond acceptors (Lipinski definition) is 4. The topological polar surface area (TPSA) is 62.5 Å². The van der Waals surface area contributed by atoms with Gasteiger partial charge in [-0.15, -0.1) is 11.3 Å². The summed E-state index contributed by atoms with van der Waals surface area (Å²) in [4.78, 5) is 11.3. The molecule has 6 heteroatoms. The van der Waals surface area contributed by atoms with E-state index in [9.17, 15) is 9.90 Å². The van der Waals surface area contributed by atoms with Crippen LogP contribution >= 0.6 is 23.6 Å². The molecule has 0 saturated carbocycles. The van der Waals surface area contributed by atoms with E-state index in [1.165, 1.54) is 34.1 Å². The Morgan fingerprint density at radius 3 is 2.44 bits per heavy atom. The highest BCUT2D eigenvalue weighted by Gasteiger charge is 2.11. The fourth-order valence-electron chi connectivity index (χ4n) is 1.50. The summed E-state index contributed by atoms with van der Waals surface area (Å²) < 4.78 is 1.95. The fourth-order valence-corrected chi connectivity index (χ4v) is 2.69. The molecule has 0 radical (unpaired) electrons. The van der Waals surface area contributed by atoms with Gasteiger partial charge in [0.25, 0.3) is 0 Å². The Bertz CT molecular complexity index is 668. The molecular formula is C12H9NO3S2. The highest BCUT2D eigenvalue weighted by atomic mass is 32.1. The van der Waals surface area contributed by atoms with Crippen molar-refractivity contribution in [3.05, 3.63) is 45.2 Å². The standard InChI is InChI=1S/C12H9NO3S2/c1-2-9-10(14)13(12(17)18-9)8-5-3-7(4-6-8)11(15)16/h2-6,14H,1H2,(H,15,16). The van der Waals surface area contributed by atoms with Gasteiger partial charge in [0.1, 0.15) is 0 Å². The first-order chi connectivity index (χ1) is 8.54. The van der Waals surface area contributed by atoms with Crippen molar-refractivity contribution in [2.75, 3.05) is 0 Å². The predicted molar refractivity (Wildman–Crippen MR) is 73.2 cm³/mol. The van der Waals surface area contributed by atoms with Crippen molar-refractivity contribution < 1.29 is 15.0 Å². The van der Waals surface area contributed by atoms with E-state index in [4.69, 9.17) is 17.3 Å². The molecule has 0 saturated heterocycles. The highest BCUT2D eigenvalue weighted by Crippen LogP contribution is 2.30. The molecule has 92 valence electrons. The first-order valence-corrected chi connectivity index (χ1v) is 6.18. The molecule has 0 amide bonds. The lowest BCUT2D eigenvalue weighted by molar-refractivity contribution is 0.0697. The number of nitrogens with zero attached hydrogens (tertiary/aromatic N) is 1. The normalized spacial score (nSPS) is 10.2. The number of aromatic carboxylic acids is 1. The number of carboxylic acid groups (broad SMARTS) is 1. The summed E-state index contributed by atoms with van der Waals surface area (Å²) in [6.07, 6.45) is 1.53. The molecule has 1 aromatic heterocycles. The van der Waals surface area contributed by atoms with E-state index in [0.29, 0.717) is 14.5 Å². The quantitative estimate of drug-likeness (QED) is 0.846. The third-order valence-electron chi connectivity index (χ3n) is 2.37. The molecule has 2 rings (SSSR count). The van der Waals surface area contributed by atoms with Crippen molar-refractivity contribution >= 4 is 35.6 Å². The van der Waals surface area contributed by atoms with Crippen LogP contribution < -0.4 is 0 Å². The second kappa shape index (κ2) is 4.75. The number of benzene rings is 1. The van der Waals surface area contributed by atoms with E-state index in [1.807, 2.05) is 0 Å². The van der Waals surface area contributed by atoms with E-state index in [0.717, 1.165) is 0 Å². The summed E-state index contributed by atoms with van der Waals surface area (Å²) in [5.74, 6) is -0.977. The van der Waals surface area contributed by atoms with Gasteiger partial charge < -0.3 is 10.2 Å². The van der Waals surface area contributed by atoms with Crippen LogP contribution in [0, 0.1) is 3.95 Å². The van der Waals surface area contributed by atoms with Gasteiger partial charge >= 0.3 is 5.97 Å². The molecule has 0 spiro atoms. The van der Waals surface area contributed by atoms with Crippen LogP contribution in [0.3, 0.4) is 0 Å². The molecule has 0 aliphatic carbocycles. The minimum Gasteiger partial charge on any atom is -0.493 e. The number of carboxylic acids is 1. The lowest BCUT2D eigenvalue weighted by Gasteiger charge is -2.04. The minimum absolute atomic E-state index is 0.0167. The summed E-state index contributed by atoms with van der Waals surface area (Å²) >= 11 is 6.39. The Morgan fingerprint density at radius 2 is 2.00 bits per heavy atom. The maximum Gasteiger partial charge on any atom is 0.335 e. The van der Waals surface area contributed by atoms with Crippen LogP contribution in [0.4, 0.5) is 0 Å². The van der Waals surface area contributed by atoms with E-state index in [-0.39, 0.29) is 11.4 Å². The molecular weight excluding hydrogens is 270 g/mol. The van der Waals surface area contributed by atoms with Crippen molar-refractivity contribution in [1.29, 1.82) is 0 Å². The summed E-state index contributed by atoms with van der Waals surface area (Å²) in [5, 5.41) is 18.8. The van der Waals surface area contributed by atoms with Crippen LogP contribution in [0.5, 0.6) is 5.88 Å². The van der Waals surface area contributed by atoms with Crippen molar-refractivity contribution in [3.63, 3.8) is 0 Å². The number of carbonyl (C=O) groups is 1. The average Bonchev–Trinajstić information content (AvgIpc) is 2.64. The average molecular weight is 279 g/mol. The fraction of sp³-hybridized carbons (Fsp3) is 0. The molecule has 1 heterocycles. The first-order valence-electron chi connectivity index (χ1n) is 4.95. The lowest BCUT2D eigenvalue weighted by atomic mass is 10.2. The largest absolute Gasteiger partial charge is 0.493 e. The van der Waals surface area contributed by atoms with Gasteiger partial charge in [0, 0.05) is 0 Å². The van der Waals surface area contributed by atoms with Crippen LogP contribution in [0.25, 0.3) is 11.8 Å². The van der Waals surface area contributed by atoms with Crippen LogP contribution in [-0.4, -0.2) is 20.7 Å². The number of rotatable bonds is 3. The molecule has 0 aliphatic rings. The lowest BCUT2D eigenvalue weighted by Crippen LogP contribution is -1.98. The molecule has 0 fully saturated rings. The number of aromatic hydroxyl groups is 1. The van der Waals surface area contributed by atoms with Crippen molar-refractivity contribution in [1.82, 2.24) is 4.57 Å². The third-order valence-corrected chi connectivity index (χ3v) is 3.73. The summed E-state index contributed by atoms with van der Waals surface area (Å²) in [5.41, 5.74) is 0.802. The van der Waals surface area contributed by atoms with Gasteiger partial charge in [-0.25, -0.2) is 4.79 Å². The van der Waals surface area contributed by atoms with Crippen molar-refractivity contribution in [2.24, 2.45) is 0 Å². The second-order valence-corrected chi connectivity index (χ2v) is 5.12. The Balaban J connectivity index is 2.55. The molecule has 0 atom stereocenters. The minimum atomic E-state index is -0.994. The van der Waals surface area contributed by atoms with Gasteiger partial charge in [0.15, 0.2) is 3.95 Å². The van der Waals surface area contributed by atoms with Crippen LogP contribution in [0.1, 0.15) is 15.2 Å². The molecule has 2 N–H and O–H groups in total. The Kier molecular flexibility index (Phi) is 3.31. The van der Waals surface area contributed by atoms with Gasteiger partial charge in [-0.05, 0) is 42.6 Å². The molecule has 0 unspecified atom stereocenters. The molecule has 1 aromatic carbocycles. The molecule has 0 bridgehead atoms. The van der Waals surface area contributed by atoms with Crippen LogP contribution in [0.2, 0.25) is 0 Å². The third kappa shape index (κ3) is 2.07. The van der Waals surface area contributed by atoms with E-state index >= 15 is 0 Å². The summed E-state index contributed by atoms with van der Waals surface area (Å²) in [6.45, 7) is 3.59. The maximum absolute atomic E-state index is 10.7. The van der Waals surface area contributed by atoms with Crippen LogP contribution in [0.15, 0.2) is 30.8 Å². The molecule has 4 nitrogen and oxygen atoms in total. The smallest absolute Gasteiger partial charge is 0.335 e. The van der Waals surface area contributed by atoms with E-state index in [1.54, 1.807) is 12.1 Å². The zero-order valence-electron chi connectivity index (χ0n) is 9.16. The second-order valence-electron chi connectivity index (χ2n) is 3.45. The molecule has 18 heavy (non-hydrogen) atoms. The zero-order valence-corrected chi connectivity index (χ0v) is 10.8. The van der Waals surface area contributed by atoms with Crippen molar-refractivity contribution in [3.8, 4) is 11.6 Å². The van der Waals surface area contributed by atoms with Gasteiger partial charge in [-0.2, -0.15) is 0 Å². The van der Waals surface area contributed by atoms with Gasteiger partial charge in [-0.3, -0.25) is 4.57 Å². The summed E-state index contributed by atoms with van der Waals surface area (Å²) in [6, 6.07) is 6.12. The number of aromatic nitrogens is 1. The van der Waals surface area contributed by atoms with Crippen LogP contribution in [-0.2, 0) is 0 Å². The van der Waals surface area contributed by atoms with Gasteiger partial charge in [0.05, 0.1) is 16.1 Å². The number of thiazole rings is 1. The van der Waals surface area contributed by atoms with Crippen molar-refractivity contribution in [2.45, 2.75) is 0 Å². The molecule has 0 aliphatic heterocycles. The van der Waals surface area contributed by atoms with Gasteiger partial charge in [-0.1, -0.05) is 6.58 Å². The first kappa shape index (κ1) is 12.5. The summed E-state index contributed by atoms with van der Waals surface area (Å²) in [7, 11) is 0. The SMILES string of the molecule is C=Cc1sc(=S)n(-c2ccc(C(=O)O)cc2)c1O. The zero-order chi connectivity index (χ0) is 13.3. The number of hydrogen-bond donors (Lipinski definition) is 2. The predicted octanol–water partition coefficient (Wildman–Crippen LogP) is 3.32. The van der Waals surface area contributed by atoms with E-state index < -0.39 is 5.97 Å². The Labute approximate surface area is 112 Å². The van der Waals surface area contributed by atoms with E-state index in [2.05, 4.69) is 6.58 Å². The Morgan fingerprint density at radius 1 is 1.39 bits per heavy atom. The highest BCUT2D eigenvalue weighted by molar-refractivity contribution is 7.73. The monoisotopic (exact) mass is 279 g/mol. The van der Waals surface area contributed by atoms with Gasteiger partial charge in [0.2, 0.25) is 5.88 Å². The maximum atomic E-state index is 10.7. The molecule has 2 aromatic rings.